The fourth-order valence-electron chi connectivity index (χ4n) is 2.29. The highest BCUT2D eigenvalue weighted by atomic mass is 127. The summed E-state index contributed by atoms with van der Waals surface area (Å²) >= 11 is 5.73. The molecular formula is C16H16BrIO. The van der Waals surface area contributed by atoms with Gasteiger partial charge in [-0.25, -0.2) is 0 Å². The highest BCUT2D eigenvalue weighted by Crippen LogP contribution is 2.27. The smallest absolute Gasteiger partial charge is 0.0840 e. The molecule has 0 amide bonds. The minimum Gasteiger partial charge on any atom is -0.388 e. The number of aliphatic hydroxyl groups is 1. The van der Waals surface area contributed by atoms with Gasteiger partial charge in [-0.2, -0.15) is 0 Å². The van der Waals surface area contributed by atoms with Gasteiger partial charge in [-0.3, -0.25) is 0 Å². The highest BCUT2D eigenvalue weighted by Gasteiger charge is 2.13. The largest absolute Gasteiger partial charge is 0.388 e. The quantitative estimate of drug-likeness (QED) is 0.683. The van der Waals surface area contributed by atoms with Gasteiger partial charge >= 0.3 is 0 Å². The van der Waals surface area contributed by atoms with Crippen molar-refractivity contribution in [3.8, 4) is 0 Å². The first-order chi connectivity index (χ1) is 8.95. The van der Waals surface area contributed by atoms with Gasteiger partial charge in [0, 0.05) is 14.5 Å². The van der Waals surface area contributed by atoms with Gasteiger partial charge in [0.25, 0.3) is 0 Å². The van der Waals surface area contributed by atoms with Crippen molar-refractivity contribution in [1.82, 2.24) is 0 Å². The second-order valence-electron chi connectivity index (χ2n) is 4.88. The fourth-order valence-corrected chi connectivity index (χ4v) is 3.36. The molecule has 100 valence electrons. The Balaban J connectivity index is 2.25. The standard InChI is InChI=1S/C16H16BrIO/c1-10-5-11(2)7-12(6-10)8-16(19)14-9-13(17)3-4-15(14)18/h3-7,9,16,19H,8H2,1-2H3. The minimum absolute atomic E-state index is 0.467. The average molecular weight is 431 g/mol. The molecule has 2 aromatic carbocycles. The zero-order chi connectivity index (χ0) is 14.0. The third-order valence-electron chi connectivity index (χ3n) is 3.03. The highest BCUT2D eigenvalue weighted by molar-refractivity contribution is 14.1. The summed E-state index contributed by atoms with van der Waals surface area (Å²) < 4.78 is 2.10. The molecule has 2 rings (SSSR count). The van der Waals surface area contributed by atoms with Gasteiger partial charge < -0.3 is 5.11 Å². The second-order valence-corrected chi connectivity index (χ2v) is 6.96. The van der Waals surface area contributed by atoms with Crippen LogP contribution in [0.3, 0.4) is 0 Å². The van der Waals surface area contributed by atoms with Gasteiger partial charge in [0.2, 0.25) is 0 Å². The molecule has 0 radical (unpaired) electrons. The van der Waals surface area contributed by atoms with E-state index in [9.17, 15) is 5.11 Å². The van der Waals surface area contributed by atoms with Gasteiger partial charge in [-0.1, -0.05) is 45.3 Å². The summed E-state index contributed by atoms with van der Waals surface area (Å²) in [6.07, 6.45) is 0.181. The Bertz CT molecular complexity index is 575. The number of rotatable bonds is 3. The molecule has 0 aromatic heterocycles. The maximum absolute atomic E-state index is 10.4. The molecule has 0 aliphatic rings. The van der Waals surface area contributed by atoms with Crippen LogP contribution in [0.2, 0.25) is 0 Å². The Kier molecular flexibility index (Phi) is 5.03. The van der Waals surface area contributed by atoms with Gasteiger partial charge in [-0.15, -0.1) is 0 Å². The molecule has 1 N–H and O–H groups in total. The maximum atomic E-state index is 10.4. The van der Waals surface area contributed by atoms with Crippen molar-refractivity contribution >= 4 is 38.5 Å². The lowest BCUT2D eigenvalue weighted by Crippen LogP contribution is -2.04. The van der Waals surface area contributed by atoms with Crippen molar-refractivity contribution in [3.63, 3.8) is 0 Å². The van der Waals surface area contributed by atoms with E-state index in [0.717, 1.165) is 13.6 Å². The van der Waals surface area contributed by atoms with Crippen molar-refractivity contribution in [2.24, 2.45) is 0 Å². The van der Waals surface area contributed by atoms with Crippen molar-refractivity contribution in [2.45, 2.75) is 26.4 Å². The Hall–Kier alpha value is -0.390. The molecule has 1 atom stereocenters. The zero-order valence-corrected chi connectivity index (χ0v) is 14.7. The first-order valence-corrected chi connectivity index (χ1v) is 8.03. The van der Waals surface area contributed by atoms with Crippen molar-refractivity contribution in [3.05, 3.63) is 66.7 Å². The molecule has 0 aliphatic carbocycles. The summed E-state index contributed by atoms with van der Waals surface area (Å²) in [6.45, 7) is 4.18. The van der Waals surface area contributed by atoms with Crippen LogP contribution in [0.5, 0.6) is 0 Å². The van der Waals surface area contributed by atoms with E-state index < -0.39 is 6.10 Å². The van der Waals surface area contributed by atoms with E-state index in [0.29, 0.717) is 6.42 Å². The van der Waals surface area contributed by atoms with Crippen molar-refractivity contribution in [1.29, 1.82) is 0 Å². The summed E-state index contributed by atoms with van der Waals surface area (Å²) in [5, 5.41) is 10.4. The van der Waals surface area contributed by atoms with E-state index in [4.69, 9.17) is 0 Å². The Labute approximate surface area is 136 Å². The van der Waals surface area contributed by atoms with Crippen LogP contribution in [0.4, 0.5) is 0 Å². The number of aliphatic hydroxyl groups excluding tert-OH is 1. The SMILES string of the molecule is Cc1cc(C)cc(CC(O)c2cc(Br)ccc2I)c1. The number of hydrogen-bond acceptors (Lipinski definition) is 1. The van der Waals surface area contributed by atoms with Crippen LogP contribution in [0.25, 0.3) is 0 Å². The molecule has 19 heavy (non-hydrogen) atoms. The van der Waals surface area contributed by atoms with Gasteiger partial charge in [-0.05, 0) is 65.8 Å². The molecular weight excluding hydrogens is 415 g/mol. The van der Waals surface area contributed by atoms with Gasteiger partial charge in [0.05, 0.1) is 6.10 Å². The third kappa shape index (κ3) is 4.04. The lowest BCUT2D eigenvalue weighted by molar-refractivity contribution is 0.177. The molecule has 2 aromatic rings. The van der Waals surface area contributed by atoms with E-state index in [2.05, 4.69) is 70.6 Å². The number of aryl methyl sites for hydroxylation is 2. The average Bonchev–Trinajstić information content (AvgIpc) is 2.30. The molecule has 1 unspecified atom stereocenters. The summed E-state index contributed by atoms with van der Waals surface area (Å²) in [5.74, 6) is 0. The van der Waals surface area contributed by atoms with Crippen LogP contribution in [0.1, 0.15) is 28.4 Å². The normalized spacial score (nSPS) is 12.5. The Morgan fingerprint density at radius 2 is 1.74 bits per heavy atom. The van der Waals surface area contributed by atoms with E-state index in [1.165, 1.54) is 16.7 Å². The Morgan fingerprint density at radius 1 is 1.11 bits per heavy atom. The maximum Gasteiger partial charge on any atom is 0.0840 e. The Morgan fingerprint density at radius 3 is 2.37 bits per heavy atom. The van der Waals surface area contributed by atoms with E-state index in [-0.39, 0.29) is 0 Å². The van der Waals surface area contributed by atoms with E-state index in [1.807, 2.05) is 18.2 Å². The van der Waals surface area contributed by atoms with Crippen molar-refractivity contribution in [2.75, 3.05) is 0 Å². The lowest BCUT2D eigenvalue weighted by Gasteiger charge is -2.14. The van der Waals surface area contributed by atoms with Crippen LogP contribution in [0.15, 0.2) is 40.9 Å². The van der Waals surface area contributed by atoms with Crippen LogP contribution in [0, 0.1) is 17.4 Å². The molecule has 0 fully saturated rings. The fraction of sp³-hybridized carbons (Fsp3) is 0.250. The zero-order valence-electron chi connectivity index (χ0n) is 11.0. The molecule has 0 aliphatic heterocycles. The van der Waals surface area contributed by atoms with Crippen LogP contribution in [-0.4, -0.2) is 5.11 Å². The molecule has 3 heteroatoms. The molecule has 0 spiro atoms. The summed E-state index contributed by atoms with van der Waals surface area (Å²) in [6, 6.07) is 12.4. The summed E-state index contributed by atoms with van der Waals surface area (Å²) in [4.78, 5) is 0. The topological polar surface area (TPSA) is 20.2 Å². The summed E-state index contributed by atoms with van der Waals surface area (Å²) in [5.41, 5.74) is 4.65. The third-order valence-corrected chi connectivity index (χ3v) is 4.50. The second kappa shape index (κ2) is 6.37. The first kappa shape index (κ1) is 15.0. The minimum atomic E-state index is -0.467. The molecule has 0 saturated heterocycles. The predicted octanol–water partition coefficient (Wildman–Crippen LogP) is 4.95. The van der Waals surface area contributed by atoms with E-state index in [1.54, 1.807) is 0 Å². The monoisotopic (exact) mass is 430 g/mol. The predicted molar refractivity (Wildman–Crippen MR) is 91.4 cm³/mol. The lowest BCUT2D eigenvalue weighted by atomic mass is 9.98. The first-order valence-electron chi connectivity index (χ1n) is 6.16. The molecule has 0 heterocycles. The van der Waals surface area contributed by atoms with Crippen molar-refractivity contribution < 1.29 is 5.11 Å². The van der Waals surface area contributed by atoms with E-state index >= 15 is 0 Å². The van der Waals surface area contributed by atoms with Crippen LogP contribution < -0.4 is 0 Å². The molecule has 0 bridgehead atoms. The van der Waals surface area contributed by atoms with Crippen LogP contribution >= 0.6 is 38.5 Å². The number of hydrogen-bond donors (Lipinski definition) is 1. The van der Waals surface area contributed by atoms with Gasteiger partial charge in [0.15, 0.2) is 0 Å². The number of benzene rings is 2. The molecule has 0 saturated carbocycles. The number of halogens is 2. The van der Waals surface area contributed by atoms with Crippen LogP contribution in [-0.2, 0) is 6.42 Å². The van der Waals surface area contributed by atoms with Gasteiger partial charge in [0.1, 0.15) is 0 Å². The summed E-state index contributed by atoms with van der Waals surface area (Å²) in [7, 11) is 0. The molecule has 1 nitrogen and oxygen atoms in total.